The number of halogens is 2. The molecule has 0 aromatic heterocycles. The smallest absolute Gasteiger partial charge is 0.252 e. The van der Waals surface area contributed by atoms with Gasteiger partial charge >= 0.3 is 0 Å². The van der Waals surface area contributed by atoms with E-state index >= 15 is 0 Å². The Bertz CT molecular complexity index is 511. The van der Waals surface area contributed by atoms with Crippen LogP contribution in [0.3, 0.4) is 0 Å². The van der Waals surface area contributed by atoms with Gasteiger partial charge in [0.1, 0.15) is 6.04 Å². The second-order valence-electron chi connectivity index (χ2n) is 4.69. The molecule has 1 saturated heterocycles. The summed E-state index contributed by atoms with van der Waals surface area (Å²) in [6, 6.07) is 5.06. The summed E-state index contributed by atoms with van der Waals surface area (Å²) in [4.78, 5) is 25.4. The molecule has 2 amide bonds. The molecule has 19 heavy (non-hydrogen) atoms. The van der Waals surface area contributed by atoms with Gasteiger partial charge in [0.15, 0.2) is 0 Å². The van der Waals surface area contributed by atoms with Crippen molar-refractivity contribution < 1.29 is 9.59 Å². The lowest BCUT2D eigenvalue weighted by Crippen LogP contribution is -2.39. The van der Waals surface area contributed by atoms with Crippen LogP contribution in [0.1, 0.15) is 20.3 Å². The molecule has 102 valence electrons. The molecule has 1 fully saturated rings. The van der Waals surface area contributed by atoms with E-state index in [-0.39, 0.29) is 24.3 Å². The zero-order valence-corrected chi connectivity index (χ0v) is 13.8. The predicted molar refractivity (Wildman–Crippen MR) is 80.9 cm³/mol. The fourth-order valence-electron chi connectivity index (χ4n) is 2.12. The van der Waals surface area contributed by atoms with Crippen molar-refractivity contribution >= 4 is 49.4 Å². The number of anilines is 1. The Hall–Kier alpha value is -0.880. The number of nitrogens with one attached hydrogen (secondary N) is 1. The fourth-order valence-corrected chi connectivity index (χ4v) is 3.34. The molecule has 1 aromatic carbocycles. The van der Waals surface area contributed by atoms with Crippen LogP contribution in [0.2, 0.25) is 0 Å². The van der Waals surface area contributed by atoms with Crippen LogP contribution in [-0.2, 0) is 9.59 Å². The molecule has 6 heteroatoms. The number of carbonyl (C=O) groups is 2. The number of hydrogen-bond acceptors (Lipinski definition) is 3. The third-order valence-electron chi connectivity index (χ3n) is 2.98. The molecule has 1 aliphatic heterocycles. The molecule has 1 N–H and O–H groups in total. The highest BCUT2D eigenvalue weighted by Crippen LogP contribution is 2.32. The maximum absolute atomic E-state index is 12.2. The molecule has 1 aromatic rings. The molecular weight excluding hydrogens is 376 g/mol. The fraction of sp³-hybridized carbons (Fsp3) is 0.385. The summed E-state index contributed by atoms with van der Waals surface area (Å²) >= 11 is 6.86. The van der Waals surface area contributed by atoms with Crippen LogP contribution < -0.4 is 5.32 Å². The second kappa shape index (κ2) is 5.63. The van der Waals surface area contributed by atoms with E-state index in [2.05, 4.69) is 37.2 Å². The van der Waals surface area contributed by atoms with E-state index in [0.717, 1.165) is 14.6 Å². The van der Waals surface area contributed by atoms with E-state index in [9.17, 15) is 9.59 Å². The predicted octanol–water partition coefficient (Wildman–Crippen LogP) is 3.16. The number of nitrogens with zero attached hydrogens (tertiary/aromatic N) is 1. The average Bonchev–Trinajstić information content (AvgIpc) is 2.59. The first kappa shape index (κ1) is 14.5. The Morgan fingerprint density at radius 2 is 1.84 bits per heavy atom. The molecule has 1 heterocycles. The molecular formula is C13H14Br2N2O2. The van der Waals surface area contributed by atoms with Gasteiger partial charge in [0, 0.05) is 15.0 Å². The molecule has 0 saturated carbocycles. The van der Waals surface area contributed by atoms with Crippen LogP contribution in [0, 0.1) is 0 Å². The maximum Gasteiger partial charge on any atom is 0.252 e. The summed E-state index contributed by atoms with van der Waals surface area (Å²) in [5.41, 5.74) is 0.791. The number of para-hydroxylation sites is 1. The first-order valence-corrected chi connectivity index (χ1v) is 7.57. The number of benzene rings is 1. The third-order valence-corrected chi connectivity index (χ3v) is 4.30. The highest BCUT2D eigenvalue weighted by Gasteiger charge is 2.40. The van der Waals surface area contributed by atoms with Gasteiger partial charge in [-0.1, -0.05) is 6.07 Å². The van der Waals surface area contributed by atoms with Crippen molar-refractivity contribution in [2.24, 2.45) is 0 Å². The Labute approximate surface area is 128 Å². The maximum atomic E-state index is 12.2. The molecule has 0 bridgehead atoms. The van der Waals surface area contributed by atoms with E-state index in [0.29, 0.717) is 0 Å². The number of carbonyl (C=O) groups excluding carboxylic acids is 2. The van der Waals surface area contributed by atoms with Crippen molar-refractivity contribution in [3.63, 3.8) is 0 Å². The summed E-state index contributed by atoms with van der Waals surface area (Å²) in [7, 11) is 0. The minimum atomic E-state index is -0.495. The van der Waals surface area contributed by atoms with Gasteiger partial charge < -0.3 is 5.32 Å². The van der Waals surface area contributed by atoms with Crippen LogP contribution in [0.25, 0.3) is 0 Å². The number of rotatable bonds is 3. The molecule has 0 radical (unpaired) electrons. The molecule has 2 rings (SSSR count). The van der Waals surface area contributed by atoms with Crippen molar-refractivity contribution in [2.75, 3.05) is 5.32 Å². The zero-order valence-electron chi connectivity index (χ0n) is 10.6. The van der Waals surface area contributed by atoms with Gasteiger partial charge in [0.05, 0.1) is 12.1 Å². The first-order chi connectivity index (χ1) is 8.91. The van der Waals surface area contributed by atoms with Crippen LogP contribution in [-0.4, -0.2) is 28.8 Å². The van der Waals surface area contributed by atoms with Crippen LogP contribution in [0.4, 0.5) is 5.69 Å². The molecule has 1 aliphatic rings. The zero-order chi connectivity index (χ0) is 14.2. The Balaban J connectivity index is 2.22. The Kier molecular flexibility index (Phi) is 4.30. The van der Waals surface area contributed by atoms with E-state index in [4.69, 9.17) is 0 Å². The number of amides is 2. The average molecular weight is 390 g/mol. The molecule has 4 nitrogen and oxygen atoms in total. The summed E-state index contributed by atoms with van der Waals surface area (Å²) in [6.45, 7) is 3.68. The quantitative estimate of drug-likeness (QED) is 0.807. The van der Waals surface area contributed by atoms with Crippen molar-refractivity contribution in [3.05, 3.63) is 27.1 Å². The van der Waals surface area contributed by atoms with Gasteiger partial charge in [-0.3, -0.25) is 14.5 Å². The van der Waals surface area contributed by atoms with E-state index in [1.807, 2.05) is 32.0 Å². The van der Waals surface area contributed by atoms with Crippen LogP contribution >= 0.6 is 31.9 Å². The Morgan fingerprint density at radius 3 is 2.32 bits per heavy atom. The summed E-state index contributed by atoms with van der Waals surface area (Å²) in [5, 5.41) is 3.14. The highest BCUT2D eigenvalue weighted by molar-refractivity contribution is 9.11. The summed E-state index contributed by atoms with van der Waals surface area (Å²) in [6.07, 6.45) is 0.199. The highest BCUT2D eigenvalue weighted by atomic mass is 79.9. The minimum absolute atomic E-state index is 0.102. The van der Waals surface area contributed by atoms with Crippen molar-refractivity contribution in [1.82, 2.24) is 4.90 Å². The SMILES string of the molecule is CC(C)N1C(=O)CC(Nc2c(Br)cccc2Br)C1=O. The summed E-state index contributed by atoms with van der Waals surface area (Å²) in [5.74, 6) is -0.289. The van der Waals surface area contributed by atoms with Gasteiger partial charge in [-0.15, -0.1) is 0 Å². The molecule has 0 spiro atoms. The van der Waals surface area contributed by atoms with Crippen molar-refractivity contribution in [3.8, 4) is 0 Å². The largest absolute Gasteiger partial charge is 0.371 e. The van der Waals surface area contributed by atoms with E-state index in [1.54, 1.807) is 0 Å². The van der Waals surface area contributed by atoms with Gasteiger partial charge in [0.25, 0.3) is 5.91 Å². The monoisotopic (exact) mass is 388 g/mol. The first-order valence-electron chi connectivity index (χ1n) is 5.98. The topological polar surface area (TPSA) is 49.4 Å². The summed E-state index contributed by atoms with van der Waals surface area (Å²) < 4.78 is 1.70. The Morgan fingerprint density at radius 1 is 1.26 bits per heavy atom. The van der Waals surface area contributed by atoms with E-state index in [1.165, 1.54) is 4.90 Å². The molecule has 1 unspecified atom stereocenters. The van der Waals surface area contributed by atoms with Crippen molar-refractivity contribution in [2.45, 2.75) is 32.4 Å². The minimum Gasteiger partial charge on any atom is -0.371 e. The van der Waals surface area contributed by atoms with E-state index < -0.39 is 6.04 Å². The number of hydrogen-bond donors (Lipinski definition) is 1. The third kappa shape index (κ3) is 2.84. The van der Waals surface area contributed by atoms with Crippen molar-refractivity contribution in [1.29, 1.82) is 0 Å². The normalized spacial score (nSPS) is 19.4. The second-order valence-corrected chi connectivity index (χ2v) is 6.40. The van der Waals surface area contributed by atoms with Gasteiger partial charge in [-0.05, 0) is 57.8 Å². The molecule has 0 aliphatic carbocycles. The number of imide groups is 1. The number of likely N-dealkylation sites (tertiary alicyclic amines) is 1. The van der Waals surface area contributed by atoms with Gasteiger partial charge in [0.2, 0.25) is 5.91 Å². The standard InChI is InChI=1S/C13H14Br2N2O2/c1-7(2)17-11(18)6-10(13(17)19)16-12-8(14)4-3-5-9(12)15/h3-5,7,10,16H,6H2,1-2H3. The van der Waals surface area contributed by atoms with Crippen LogP contribution in [0.15, 0.2) is 27.1 Å². The van der Waals surface area contributed by atoms with Gasteiger partial charge in [-0.2, -0.15) is 0 Å². The van der Waals surface area contributed by atoms with Crippen LogP contribution in [0.5, 0.6) is 0 Å². The lowest BCUT2D eigenvalue weighted by atomic mass is 10.2. The lowest BCUT2D eigenvalue weighted by molar-refractivity contribution is -0.140. The molecule has 1 atom stereocenters. The van der Waals surface area contributed by atoms with Gasteiger partial charge in [-0.25, -0.2) is 0 Å². The lowest BCUT2D eigenvalue weighted by Gasteiger charge is -2.20.